The summed E-state index contributed by atoms with van der Waals surface area (Å²) >= 11 is 0. The molecule has 3 rings (SSSR count). The van der Waals surface area contributed by atoms with Crippen molar-refractivity contribution < 1.29 is 13.9 Å². The quantitative estimate of drug-likeness (QED) is 0.738. The van der Waals surface area contributed by atoms with Crippen LogP contribution in [0.1, 0.15) is 17.3 Å². The Morgan fingerprint density at radius 1 is 1.35 bits per heavy atom. The molecule has 0 fully saturated rings. The lowest BCUT2D eigenvalue weighted by Gasteiger charge is -2.07. The second-order valence-corrected chi connectivity index (χ2v) is 4.35. The minimum atomic E-state index is -0.381. The molecule has 0 bridgehead atoms. The van der Waals surface area contributed by atoms with Gasteiger partial charge in [0.05, 0.1) is 5.39 Å². The van der Waals surface area contributed by atoms with Gasteiger partial charge in [0.2, 0.25) is 0 Å². The zero-order valence-electron chi connectivity index (χ0n) is 10.7. The minimum absolute atomic E-state index is 0.0895. The van der Waals surface area contributed by atoms with Crippen molar-refractivity contribution in [3.63, 3.8) is 0 Å². The molecule has 2 aromatic heterocycles. The predicted octanol–water partition coefficient (Wildman–Crippen LogP) is 3.70. The molecule has 1 aromatic carbocycles. The van der Waals surface area contributed by atoms with Gasteiger partial charge in [-0.25, -0.2) is 9.37 Å². The molecule has 100 valence electrons. The van der Waals surface area contributed by atoms with E-state index < -0.39 is 0 Å². The van der Waals surface area contributed by atoms with E-state index in [1.807, 2.05) is 0 Å². The molecule has 0 aliphatic heterocycles. The Hall–Kier alpha value is -2.69. The molecule has 0 aliphatic carbocycles. The third kappa shape index (κ3) is 2.14. The molecule has 2 heterocycles. The molecule has 0 spiro atoms. The lowest BCUT2D eigenvalue weighted by atomic mass is 10.1. The molecule has 0 atom stereocenters. The molecule has 0 amide bonds. The third-order valence-corrected chi connectivity index (χ3v) is 2.94. The molecule has 0 radical (unpaired) electrons. The van der Waals surface area contributed by atoms with Crippen LogP contribution in [0.5, 0.6) is 11.5 Å². The monoisotopic (exact) mass is 270 g/mol. The van der Waals surface area contributed by atoms with Crippen LogP contribution in [0.4, 0.5) is 4.39 Å². The van der Waals surface area contributed by atoms with Crippen molar-refractivity contribution in [1.82, 2.24) is 9.97 Å². The fourth-order valence-corrected chi connectivity index (χ4v) is 2.05. The van der Waals surface area contributed by atoms with E-state index >= 15 is 0 Å². The zero-order chi connectivity index (χ0) is 14.1. The second kappa shape index (κ2) is 4.77. The number of carbonyl (C=O) groups excluding carboxylic acids is 1. The number of hydrogen-bond donors (Lipinski definition) is 1. The first-order chi connectivity index (χ1) is 9.65. The van der Waals surface area contributed by atoms with Gasteiger partial charge in [0.25, 0.3) is 0 Å². The number of fused-ring (bicyclic) bond motifs is 1. The number of rotatable bonds is 3. The van der Waals surface area contributed by atoms with E-state index in [2.05, 4.69) is 9.97 Å². The molecular formula is C15H11FN2O2. The topological polar surface area (TPSA) is 55.0 Å². The summed E-state index contributed by atoms with van der Waals surface area (Å²) in [5, 5.41) is 0.601. The third-order valence-electron chi connectivity index (χ3n) is 2.94. The van der Waals surface area contributed by atoms with Gasteiger partial charge in [-0.1, -0.05) is 6.07 Å². The minimum Gasteiger partial charge on any atom is -0.456 e. The number of aromatic nitrogens is 2. The summed E-state index contributed by atoms with van der Waals surface area (Å²) in [4.78, 5) is 18.7. The van der Waals surface area contributed by atoms with Crippen molar-refractivity contribution in [2.24, 2.45) is 0 Å². The van der Waals surface area contributed by atoms with E-state index in [-0.39, 0.29) is 11.6 Å². The molecule has 4 nitrogen and oxygen atoms in total. The van der Waals surface area contributed by atoms with E-state index in [9.17, 15) is 9.18 Å². The van der Waals surface area contributed by atoms with Crippen LogP contribution in [0.25, 0.3) is 11.0 Å². The van der Waals surface area contributed by atoms with Crippen LogP contribution >= 0.6 is 0 Å². The van der Waals surface area contributed by atoms with Crippen LogP contribution in [0.2, 0.25) is 0 Å². The Balaban J connectivity index is 2.11. The number of carbonyl (C=O) groups is 1. The number of benzene rings is 1. The van der Waals surface area contributed by atoms with Crippen LogP contribution in [0, 0.1) is 5.82 Å². The molecule has 0 aliphatic rings. The van der Waals surface area contributed by atoms with Crippen LogP contribution in [0.3, 0.4) is 0 Å². The average molecular weight is 270 g/mol. The lowest BCUT2D eigenvalue weighted by molar-refractivity contribution is 0.101. The van der Waals surface area contributed by atoms with Gasteiger partial charge in [-0.05, 0) is 25.1 Å². The number of ether oxygens (including phenoxy) is 1. The van der Waals surface area contributed by atoms with Gasteiger partial charge >= 0.3 is 0 Å². The van der Waals surface area contributed by atoms with Crippen molar-refractivity contribution in [2.75, 3.05) is 0 Å². The first-order valence-electron chi connectivity index (χ1n) is 6.05. The molecule has 0 saturated carbocycles. The number of nitrogens with zero attached hydrogens (tertiary/aromatic N) is 1. The standard InChI is InChI=1S/C15H11FN2O2/c1-9(19)12-8-18-15-14(12)13(5-6-17-15)20-11-4-2-3-10(16)7-11/h2-8H,1H3,(H,17,18). The Morgan fingerprint density at radius 3 is 2.95 bits per heavy atom. The lowest BCUT2D eigenvalue weighted by Crippen LogP contribution is -1.93. The molecular weight excluding hydrogens is 259 g/mol. The van der Waals surface area contributed by atoms with Crippen LogP contribution in [-0.4, -0.2) is 15.8 Å². The summed E-state index contributed by atoms with van der Waals surface area (Å²) in [5.41, 5.74) is 1.06. The van der Waals surface area contributed by atoms with E-state index in [0.717, 1.165) is 0 Å². The van der Waals surface area contributed by atoms with Gasteiger partial charge in [-0.3, -0.25) is 4.79 Å². The number of halogens is 1. The number of hydrogen-bond acceptors (Lipinski definition) is 3. The van der Waals surface area contributed by atoms with Gasteiger partial charge in [-0.2, -0.15) is 0 Å². The number of H-pyrrole nitrogens is 1. The van der Waals surface area contributed by atoms with E-state index in [4.69, 9.17) is 4.74 Å². The maximum absolute atomic E-state index is 13.2. The summed E-state index contributed by atoms with van der Waals surface area (Å²) in [5.74, 6) is 0.363. The molecule has 3 aromatic rings. The first-order valence-corrected chi connectivity index (χ1v) is 6.05. The number of Topliss-reactive ketones (excluding diaryl/α,β-unsaturated/α-hetero) is 1. The summed E-state index contributed by atoms with van der Waals surface area (Å²) in [6.07, 6.45) is 3.16. The molecule has 0 saturated heterocycles. The largest absolute Gasteiger partial charge is 0.456 e. The van der Waals surface area contributed by atoms with E-state index in [1.165, 1.54) is 19.1 Å². The van der Waals surface area contributed by atoms with Crippen molar-refractivity contribution in [1.29, 1.82) is 0 Å². The SMILES string of the molecule is CC(=O)c1c[nH]c2nccc(Oc3cccc(F)c3)c12. The smallest absolute Gasteiger partial charge is 0.162 e. The van der Waals surface area contributed by atoms with Crippen molar-refractivity contribution in [2.45, 2.75) is 6.92 Å². The van der Waals surface area contributed by atoms with Crippen LogP contribution in [0.15, 0.2) is 42.7 Å². The maximum atomic E-state index is 13.2. The molecule has 20 heavy (non-hydrogen) atoms. The highest BCUT2D eigenvalue weighted by Crippen LogP contribution is 2.31. The summed E-state index contributed by atoms with van der Waals surface area (Å²) in [6.45, 7) is 1.47. The van der Waals surface area contributed by atoms with Gasteiger partial charge in [0.15, 0.2) is 5.78 Å². The van der Waals surface area contributed by atoms with Crippen molar-refractivity contribution >= 4 is 16.8 Å². The Kier molecular flexibility index (Phi) is 2.95. The Morgan fingerprint density at radius 2 is 2.20 bits per heavy atom. The average Bonchev–Trinajstić information content (AvgIpc) is 2.84. The Bertz CT molecular complexity index is 795. The van der Waals surface area contributed by atoms with Gasteiger partial charge < -0.3 is 9.72 Å². The second-order valence-electron chi connectivity index (χ2n) is 4.35. The first kappa shape index (κ1) is 12.3. The Labute approximate surface area is 114 Å². The number of nitrogens with one attached hydrogen (secondary N) is 1. The van der Waals surface area contributed by atoms with E-state index in [0.29, 0.717) is 28.1 Å². The summed E-state index contributed by atoms with van der Waals surface area (Å²) < 4.78 is 18.8. The van der Waals surface area contributed by atoms with Crippen molar-refractivity contribution in [3.8, 4) is 11.5 Å². The van der Waals surface area contributed by atoms with Gasteiger partial charge in [0, 0.05) is 24.0 Å². The highest BCUT2D eigenvalue weighted by atomic mass is 19.1. The number of pyridine rings is 1. The fraction of sp³-hybridized carbons (Fsp3) is 0.0667. The van der Waals surface area contributed by atoms with Crippen LogP contribution in [-0.2, 0) is 0 Å². The van der Waals surface area contributed by atoms with Crippen molar-refractivity contribution in [3.05, 3.63) is 54.1 Å². The summed E-state index contributed by atoms with van der Waals surface area (Å²) in [7, 11) is 0. The highest BCUT2D eigenvalue weighted by Gasteiger charge is 2.14. The van der Waals surface area contributed by atoms with Gasteiger partial charge in [0.1, 0.15) is 23.0 Å². The maximum Gasteiger partial charge on any atom is 0.162 e. The molecule has 0 unspecified atom stereocenters. The molecule has 5 heteroatoms. The zero-order valence-corrected chi connectivity index (χ0v) is 10.7. The fourth-order valence-electron chi connectivity index (χ4n) is 2.05. The number of ketones is 1. The summed E-state index contributed by atoms with van der Waals surface area (Å²) in [6, 6.07) is 7.48. The van der Waals surface area contributed by atoms with Crippen LogP contribution < -0.4 is 4.74 Å². The molecule has 1 N–H and O–H groups in total. The van der Waals surface area contributed by atoms with E-state index in [1.54, 1.807) is 30.6 Å². The predicted molar refractivity (Wildman–Crippen MR) is 72.6 cm³/mol. The normalized spacial score (nSPS) is 10.7. The number of aromatic amines is 1. The highest BCUT2D eigenvalue weighted by molar-refractivity contribution is 6.08. The van der Waals surface area contributed by atoms with Gasteiger partial charge in [-0.15, -0.1) is 0 Å².